The summed E-state index contributed by atoms with van der Waals surface area (Å²) >= 11 is 0. The Morgan fingerprint density at radius 2 is 1.87 bits per heavy atom. The first kappa shape index (κ1) is 17.2. The molecule has 23 heavy (non-hydrogen) atoms. The number of carbonyl (C=O) groups excluding carboxylic acids is 1. The molecule has 0 radical (unpaired) electrons. The average Bonchev–Trinajstić information content (AvgIpc) is 2.55. The summed E-state index contributed by atoms with van der Waals surface area (Å²) in [7, 11) is 1.60. The van der Waals surface area contributed by atoms with Crippen LogP contribution in [0, 0.1) is 5.82 Å². The van der Waals surface area contributed by atoms with Gasteiger partial charge in [0.1, 0.15) is 5.82 Å². The predicted molar refractivity (Wildman–Crippen MR) is 83.0 cm³/mol. The minimum atomic E-state index is -0.945. The Balaban J connectivity index is 2.13. The molecule has 0 saturated carbocycles. The van der Waals surface area contributed by atoms with E-state index in [-0.39, 0.29) is 30.9 Å². The van der Waals surface area contributed by atoms with Crippen LogP contribution in [0.5, 0.6) is 0 Å². The van der Waals surface area contributed by atoms with Crippen LogP contribution in [0.2, 0.25) is 0 Å². The van der Waals surface area contributed by atoms with Crippen molar-refractivity contribution in [2.45, 2.75) is 25.3 Å². The number of rotatable bonds is 5. The van der Waals surface area contributed by atoms with E-state index in [0.29, 0.717) is 31.7 Å². The van der Waals surface area contributed by atoms with Crippen molar-refractivity contribution in [3.63, 3.8) is 0 Å². The molecule has 0 unspecified atom stereocenters. The van der Waals surface area contributed by atoms with Gasteiger partial charge < -0.3 is 14.7 Å². The Morgan fingerprint density at radius 1 is 1.26 bits per heavy atom. The van der Waals surface area contributed by atoms with Crippen molar-refractivity contribution in [1.29, 1.82) is 0 Å². The zero-order chi connectivity index (χ0) is 16.8. The minimum absolute atomic E-state index is 0.0431. The highest BCUT2D eigenvalue weighted by Crippen LogP contribution is 2.20. The second kappa shape index (κ2) is 7.92. The fraction of sp³-hybridized carbons (Fsp3) is 0.500. The molecule has 1 heterocycles. The van der Waals surface area contributed by atoms with Gasteiger partial charge in [-0.25, -0.2) is 9.18 Å². The number of ether oxygens (including phenoxy) is 1. The van der Waals surface area contributed by atoms with E-state index < -0.39 is 5.97 Å². The number of nitrogens with zero attached hydrogens (tertiary/aromatic N) is 2. The molecule has 126 valence electrons. The zero-order valence-electron chi connectivity index (χ0n) is 13.1. The van der Waals surface area contributed by atoms with Crippen molar-refractivity contribution in [1.82, 2.24) is 4.90 Å². The van der Waals surface area contributed by atoms with E-state index in [4.69, 9.17) is 9.84 Å². The van der Waals surface area contributed by atoms with Crippen LogP contribution < -0.4 is 4.90 Å². The second-order valence-corrected chi connectivity index (χ2v) is 5.50. The highest BCUT2D eigenvalue weighted by atomic mass is 19.1. The van der Waals surface area contributed by atoms with Gasteiger partial charge in [-0.3, -0.25) is 9.69 Å². The third kappa shape index (κ3) is 4.66. The van der Waals surface area contributed by atoms with Crippen molar-refractivity contribution in [3.05, 3.63) is 30.1 Å². The Kier molecular flexibility index (Phi) is 5.92. The first-order chi connectivity index (χ1) is 11.0. The highest BCUT2D eigenvalue weighted by Gasteiger charge is 2.28. The third-order valence-electron chi connectivity index (χ3n) is 3.94. The summed E-state index contributed by atoms with van der Waals surface area (Å²) in [5.41, 5.74) is 0.559. The standard InChI is InChI=1S/C16H21FN2O4/c1-18(13-4-2-12(17)3-5-13)16(22)19(9-6-15(20)21)14-7-10-23-11-8-14/h2-5,14H,6-11H2,1H3,(H,20,21). The van der Waals surface area contributed by atoms with Crippen molar-refractivity contribution in [2.24, 2.45) is 0 Å². The van der Waals surface area contributed by atoms with Crippen molar-refractivity contribution < 1.29 is 23.8 Å². The Labute approximate surface area is 134 Å². The first-order valence-corrected chi connectivity index (χ1v) is 7.58. The van der Waals surface area contributed by atoms with Crippen LogP contribution in [0.3, 0.4) is 0 Å². The van der Waals surface area contributed by atoms with Crippen LogP contribution >= 0.6 is 0 Å². The molecular weight excluding hydrogens is 303 g/mol. The lowest BCUT2D eigenvalue weighted by atomic mass is 10.1. The molecule has 0 aliphatic carbocycles. The number of aliphatic carboxylic acids is 1. The fourth-order valence-corrected chi connectivity index (χ4v) is 2.62. The zero-order valence-corrected chi connectivity index (χ0v) is 13.1. The summed E-state index contributed by atoms with van der Waals surface area (Å²) in [6.07, 6.45) is 1.26. The Bertz CT molecular complexity index is 544. The number of hydrogen-bond acceptors (Lipinski definition) is 3. The number of amides is 2. The molecule has 0 aromatic heterocycles. The minimum Gasteiger partial charge on any atom is -0.481 e. The van der Waals surface area contributed by atoms with E-state index in [1.807, 2.05) is 0 Å². The lowest BCUT2D eigenvalue weighted by molar-refractivity contribution is -0.137. The SMILES string of the molecule is CN(C(=O)N(CCC(=O)O)C1CCOCC1)c1ccc(F)cc1. The van der Waals surface area contributed by atoms with Gasteiger partial charge in [0.2, 0.25) is 0 Å². The van der Waals surface area contributed by atoms with Gasteiger partial charge in [-0.15, -0.1) is 0 Å². The predicted octanol–water partition coefficient (Wildman–Crippen LogP) is 2.34. The van der Waals surface area contributed by atoms with Gasteiger partial charge >= 0.3 is 12.0 Å². The van der Waals surface area contributed by atoms with Crippen LogP contribution in [0.25, 0.3) is 0 Å². The largest absolute Gasteiger partial charge is 0.481 e. The average molecular weight is 324 g/mol. The van der Waals surface area contributed by atoms with Crippen molar-refractivity contribution in [2.75, 3.05) is 31.7 Å². The van der Waals surface area contributed by atoms with E-state index in [9.17, 15) is 14.0 Å². The van der Waals surface area contributed by atoms with Crippen LogP contribution in [0.4, 0.5) is 14.9 Å². The van der Waals surface area contributed by atoms with E-state index >= 15 is 0 Å². The smallest absolute Gasteiger partial charge is 0.324 e. The molecule has 0 spiro atoms. The molecule has 2 rings (SSSR count). The molecule has 0 atom stereocenters. The van der Waals surface area contributed by atoms with Gasteiger partial charge in [0, 0.05) is 38.5 Å². The van der Waals surface area contributed by atoms with E-state index in [0.717, 1.165) is 0 Å². The number of hydrogen-bond donors (Lipinski definition) is 1. The number of urea groups is 1. The van der Waals surface area contributed by atoms with E-state index in [2.05, 4.69) is 0 Å². The molecule has 2 amide bonds. The number of carboxylic acid groups (broad SMARTS) is 1. The lowest BCUT2D eigenvalue weighted by Crippen LogP contribution is -2.49. The van der Waals surface area contributed by atoms with Crippen LogP contribution in [0.15, 0.2) is 24.3 Å². The molecule has 7 heteroatoms. The molecule has 0 bridgehead atoms. The molecule has 1 N–H and O–H groups in total. The van der Waals surface area contributed by atoms with Crippen LogP contribution in [0.1, 0.15) is 19.3 Å². The maximum absolute atomic E-state index is 13.0. The molecule has 1 aromatic carbocycles. The van der Waals surface area contributed by atoms with E-state index in [1.165, 1.54) is 29.2 Å². The van der Waals surface area contributed by atoms with Gasteiger partial charge in [-0.05, 0) is 37.1 Å². The van der Waals surface area contributed by atoms with Crippen LogP contribution in [-0.4, -0.2) is 54.9 Å². The number of halogens is 1. The van der Waals surface area contributed by atoms with Gasteiger partial charge in [-0.1, -0.05) is 0 Å². The first-order valence-electron chi connectivity index (χ1n) is 7.58. The summed E-state index contributed by atoms with van der Waals surface area (Å²) in [5.74, 6) is -1.32. The molecule has 1 aliphatic rings. The van der Waals surface area contributed by atoms with Crippen molar-refractivity contribution in [3.8, 4) is 0 Å². The van der Waals surface area contributed by atoms with Crippen molar-refractivity contribution >= 4 is 17.7 Å². The second-order valence-electron chi connectivity index (χ2n) is 5.50. The lowest BCUT2D eigenvalue weighted by Gasteiger charge is -2.36. The number of carbonyl (C=O) groups is 2. The van der Waals surface area contributed by atoms with Gasteiger partial charge in [0.25, 0.3) is 0 Å². The number of benzene rings is 1. The summed E-state index contributed by atoms with van der Waals surface area (Å²) in [6, 6.07) is 5.28. The molecular formula is C16H21FN2O4. The summed E-state index contributed by atoms with van der Waals surface area (Å²) in [6.45, 7) is 1.26. The van der Waals surface area contributed by atoms with Gasteiger partial charge in [0.15, 0.2) is 0 Å². The number of anilines is 1. The molecule has 1 saturated heterocycles. The number of carboxylic acids is 1. The van der Waals surface area contributed by atoms with E-state index in [1.54, 1.807) is 11.9 Å². The maximum Gasteiger partial charge on any atom is 0.324 e. The summed E-state index contributed by atoms with van der Waals surface area (Å²) in [5, 5.41) is 8.91. The quantitative estimate of drug-likeness (QED) is 0.902. The molecule has 1 aromatic rings. The Morgan fingerprint density at radius 3 is 2.43 bits per heavy atom. The van der Waals surface area contributed by atoms with Gasteiger partial charge in [0.05, 0.1) is 6.42 Å². The topological polar surface area (TPSA) is 70.1 Å². The molecule has 1 aliphatic heterocycles. The fourth-order valence-electron chi connectivity index (χ4n) is 2.62. The Hall–Kier alpha value is -2.15. The van der Waals surface area contributed by atoms with Gasteiger partial charge in [-0.2, -0.15) is 0 Å². The highest BCUT2D eigenvalue weighted by molar-refractivity contribution is 5.91. The summed E-state index contributed by atoms with van der Waals surface area (Å²) < 4.78 is 18.3. The normalized spacial score (nSPS) is 15.2. The maximum atomic E-state index is 13.0. The third-order valence-corrected chi connectivity index (χ3v) is 3.94. The monoisotopic (exact) mass is 324 g/mol. The van der Waals surface area contributed by atoms with Crippen LogP contribution in [-0.2, 0) is 9.53 Å². The molecule has 1 fully saturated rings. The summed E-state index contributed by atoms with van der Waals surface area (Å²) in [4.78, 5) is 26.6. The molecule has 6 nitrogen and oxygen atoms in total.